The molecule has 0 spiro atoms. The van der Waals surface area contributed by atoms with Crippen LogP contribution in [0.2, 0.25) is 0 Å². The molecule has 0 unspecified atom stereocenters. The zero-order valence-electron chi connectivity index (χ0n) is 14.8. The van der Waals surface area contributed by atoms with Gasteiger partial charge in [0.15, 0.2) is 21.3 Å². The van der Waals surface area contributed by atoms with Crippen LogP contribution in [-0.2, 0) is 19.4 Å². The molecular weight excluding hydrogens is 374 g/mol. The highest BCUT2D eigenvalue weighted by Gasteiger charge is 2.21. The molecule has 0 saturated heterocycles. The van der Waals surface area contributed by atoms with E-state index in [1.54, 1.807) is 24.3 Å². The van der Waals surface area contributed by atoms with Gasteiger partial charge in [-0.05, 0) is 24.3 Å². The molecule has 10 heteroatoms. The Morgan fingerprint density at radius 2 is 1.63 bits per heavy atom. The maximum absolute atomic E-state index is 12.1. The first kappa shape index (κ1) is 20.2. The smallest absolute Gasteiger partial charge is 0.240 e. The standard InChI is InChI=1S/C17H19N3O6S/c1-25-13-7-6-12(9-14(13)26-2)19-16(21)10-27(23,24)11-17(22)20-15-5-3-4-8-18-15/h3-9H,10-11H2,1-2H3,(H,19,21)(H,18,20,22). The van der Waals surface area contributed by atoms with E-state index < -0.39 is 33.2 Å². The highest BCUT2D eigenvalue weighted by molar-refractivity contribution is 7.92. The van der Waals surface area contributed by atoms with Gasteiger partial charge in [-0.1, -0.05) is 6.07 Å². The Labute approximate surface area is 156 Å². The quantitative estimate of drug-likeness (QED) is 0.688. The molecule has 0 saturated carbocycles. The minimum absolute atomic E-state index is 0.229. The van der Waals surface area contributed by atoms with Gasteiger partial charge in [-0.3, -0.25) is 9.59 Å². The molecule has 0 aliphatic rings. The number of sulfone groups is 1. The second-order valence-corrected chi connectivity index (χ2v) is 7.48. The highest BCUT2D eigenvalue weighted by atomic mass is 32.2. The third-order valence-electron chi connectivity index (χ3n) is 3.30. The molecule has 1 heterocycles. The lowest BCUT2D eigenvalue weighted by Crippen LogP contribution is -2.30. The Morgan fingerprint density at radius 3 is 2.22 bits per heavy atom. The van der Waals surface area contributed by atoms with Crippen LogP contribution in [0.25, 0.3) is 0 Å². The maximum atomic E-state index is 12.1. The van der Waals surface area contributed by atoms with Crippen molar-refractivity contribution < 1.29 is 27.5 Å². The number of carbonyl (C=O) groups excluding carboxylic acids is 2. The number of pyridine rings is 1. The van der Waals surface area contributed by atoms with Crippen molar-refractivity contribution in [3.8, 4) is 11.5 Å². The molecule has 2 N–H and O–H groups in total. The number of rotatable bonds is 8. The number of nitrogens with zero attached hydrogens (tertiary/aromatic N) is 1. The van der Waals surface area contributed by atoms with Crippen molar-refractivity contribution in [2.75, 3.05) is 36.4 Å². The molecule has 0 radical (unpaired) electrons. The van der Waals surface area contributed by atoms with E-state index >= 15 is 0 Å². The number of anilines is 2. The minimum atomic E-state index is -3.96. The average molecular weight is 393 g/mol. The second kappa shape index (κ2) is 8.99. The van der Waals surface area contributed by atoms with Gasteiger partial charge in [0, 0.05) is 18.0 Å². The van der Waals surface area contributed by atoms with E-state index in [-0.39, 0.29) is 5.82 Å². The number of nitrogens with one attached hydrogen (secondary N) is 2. The summed E-state index contributed by atoms with van der Waals surface area (Å²) < 4.78 is 34.3. The lowest BCUT2D eigenvalue weighted by molar-refractivity contribution is -0.114. The van der Waals surface area contributed by atoms with Crippen LogP contribution in [0.1, 0.15) is 0 Å². The van der Waals surface area contributed by atoms with Gasteiger partial charge in [0.2, 0.25) is 11.8 Å². The van der Waals surface area contributed by atoms with Gasteiger partial charge in [-0.25, -0.2) is 13.4 Å². The minimum Gasteiger partial charge on any atom is -0.493 e. The number of methoxy groups -OCH3 is 2. The largest absolute Gasteiger partial charge is 0.493 e. The summed E-state index contributed by atoms with van der Waals surface area (Å²) in [6, 6.07) is 9.44. The SMILES string of the molecule is COc1ccc(NC(=O)CS(=O)(=O)CC(=O)Nc2ccccn2)cc1OC. The number of ether oxygens (including phenoxy) is 2. The van der Waals surface area contributed by atoms with E-state index in [9.17, 15) is 18.0 Å². The third kappa shape index (κ3) is 6.26. The van der Waals surface area contributed by atoms with E-state index in [2.05, 4.69) is 15.6 Å². The van der Waals surface area contributed by atoms with Gasteiger partial charge >= 0.3 is 0 Å². The van der Waals surface area contributed by atoms with Crippen LogP contribution in [-0.4, -0.2) is 50.9 Å². The fourth-order valence-corrected chi connectivity index (χ4v) is 3.22. The molecule has 9 nitrogen and oxygen atoms in total. The van der Waals surface area contributed by atoms with Crippen LogP contribution < -0.4 is 20.1 Å². The number of aromatic nitrogens is 1. The zero-order chi connectivity index (χ0) is 19.9. The maximum Gasteiger partial charge on any atom is 0.240 e. The van der Waals surface area contributed by atoms with Crippen LogP contribution in [0.15, 0.2) is 42.6 Å². The van der Waals surface area contributed by atoms with Gasteiger partial charge in [-0.15, -0.1) is 0 Å². The Hall–Kier alpha value is -3.14. The fourth-order valence-electron chi connectivity index (χ4n) is 2.18. The molecule has 2 aromatic rings. The highest BCUT2D eigenvalue weighted by Crippen LogP contribution is 2.29. The Balaban J connectivity index is 1.94. The monoisotopic (exact) mass is 393 g/mol. The summed E-state index contributed by atoms with van der Waals surface area (Å²) in [4.78, 5) is 27.7. The normalized spacial score (nSPS) is 10.7. The van der Waals surface area contributed by atoms with Crippen LogP contribution >= 0.6 is 0 Å². The number of carbonyl (C=O) groups is 2. The number of amides is 2. The van der Waals surface area contributed by atoms with Crippen LogP contribution in [0.5, 0.6) is 11.5 Å². The first-order chi connectivity index (χ1) is 12.8. The van der Waals surface area contributed by atoms with Crippen molar-refractivity contribution in [1.82, 2.24) is 4.98 Å². The van der Waals surface area contributed by atoms with Crippen LogP contribution in [0.3, 0.4) is 0 Å². The Bertz CT molecular complexity index is 916. The lowest BCUT2D eigenvalue weighted by atomic mass is 10.2. The van der Waals surface area contributed by atoms with Gasteiger partial charge < -0.3 is 20.1 Å². The molecule has 1 aromatic carbocycles. The summed E-state index contributed by atoms with van der Waals surface area (Å²) in [6.07, 6.45) is 1.46. The topological polar surface area (TPSA) is 124 Å². The molecule has 0 atom stereocenters. The van der Waals surface area contributed by atoms with Crippen molar-refractivity contribution in [1.29, 1.82) is 0 Å². The molecule has 0 fully saturated rings. The molecule has 1 aromatic heterocycles. The molecule has 2 rings (SSSR count). The number of hydrogen-bond acceptors (Lipinski definition) is 7. The summed E-state index contributed by atoms with van der Waals surface area (Å²) in [5.41, 5.74) is 0.339. The van der Waals surface area contributed by atoms with Crippen molar-refractivity contribution in [2.24, 2.45) is 0 Å². The van der Waals surface area contributed by atoms with Crippen molar-refractivity contribution in [3.05, 3.63) is 42.6 Å². The summed E-state index contributed by atoms with van der Waals surface area (Å²) >= 11 is 0. The second-order valence-electron chi connectivity index (χ2n) is 5.41. The summed E-state index contributed by atoms with van der Waals surface area (Å²) in [6.45, 7) is 0. The predicted octanol–water partition coefficient (Wildman–Crippen LogP) is 1.09. The van der Waals surface area contributed by atoms with Crippen LogP contribution in [0, 0.1) is 0 Å². The van der Waals surface area contributed by atoms with Gasteiger partial charge in [0.05, 0.1) is 14.2 Å². The molecule has 144 valence electrons. The zero-order valence-corrected chi connectivity index (χ0v) is 15.6. The first-order valence-corrected chi connectivity index (χ1v) is 9.58. The third-order valence-corrected chi connectivity index (χ3v) is 4.71. The van der Waals surface area contributed by atoms with E-state index in [1.165, 1.54) is 32.5 Å². The average Bonchev–Trinajstić information content (AvgIpc) is 2.61. The molecular formula is C17H19N3O6S. The summed E-state index contributed by atoms with van der Waals surface area (Å²) in [5.74, 6) is -2.13. The molecule has 0 aliphatic heterocycles. The number of benzene rings is 1. The fraction of sp³-hybridized carbons (Fsp3) is 0.235. The van der Waals surface area contributed by atoms with E-state index in [1.807, 2.05) is 0 Å². The lowest BCUT2D eigenvalue weighted by Gasteiger charge is -2.11. The van der Waals surface area contributed by atoms with Gasteiger partial charge in [0.25, 0.3) is 0 Å². The Kier molecular flexibility index (Phi) is 6.72. The first-order valence-electron chi connectivity index (χ1n) is 7.76. The molecule has 2 amide bonds. The van der Waals surface area contributed by atoms with Gasteiger partial charge in [-0.2, -0.15) is 0 Å². The van der Waals surface area contributed by atoms with Crippen molar-refractivity contribution in [3.63, 3.8) is 0 Å². The van der Waals surface area contributed by atoms with E-state index in [4.69, 9.17) is 9.47 Å². The van der Waals surface area contributed by atoms with Crippen molar-refractivity contribution in [2.45, 2.75) is 0 Å². The summed E-state index contributed by atoms with van der Waals surface area (Å²) in [7, 11) is -1.05. The molecule has 0 bridgehead atoms. The van der Waals surface area contributed by atoms with E-state index in [0.717, 1.165) is 0 Å². The molecule has 27 heavy (non-hydrogen) atoms. The van der Waals surface area contributed by atoms with E-state index in [0.29, 0.717) is 17.2 Å². The van der Waals surface area contributed by atoms with Crippen LogP contribution in [0.4, 0.5) is 11.5 Å². The van der Waals surface area contributed by atoms with Gasteiger partial charge in [0.1, 0.15) is 17.3 Å². The Morgan fingerprint density at radius 1 is 0.963 bits per heavy atom. The summed E-state index contributed by atoms with van der Waals surface area (Å²) in [5, 5.41) is 4.81. The van der Waals surface area contributed by atoms with Crippen molar-refractivity contribution >= 4 is 33.2 Å². The predicted molar refractivity (Wildman–Crippen MR) is 99.7 cm³/mol. The number of hydrogen-bond donors (Lipinski definition) is 2. The molecule has 0 aliphatic carbocycles.